The second kappa shape index (κ2) is 5.69. The number of halogens is 2. The minimum Gasteiger partial charge on any atom is -0.369 e. The minimum absolute atomic E-state index is 0.154. The average molecular weight is 381 g/mol. The van der Waals surface area contributed by atoms with Gasteiger partial charge in [0.05, 0.1) is 11.4 Å². The Morgan fingerprint density at radius 1 is 1.48 bits per heavy atom. The molecule has 2 heterocycles. The zero-order valence-corrected chi connectivity index (χ0v) is 13.8. The summed E-state index contributed by atoms with van der Waals surface area (Å²) in [6.45, 7) is 2.58. The van der Waals surface area contributed by atoms with Gasteiger partial charge >= 0.3 is 0 Å². The number of primary amides is 1. The molecule has 6 nitrogen and oxygen atoms in total. The van der Waals surface area contributed by atoms with E-state index in [-0.39, 0.29) is 22.5 Å². The van der Waals surface area contributed by atoms with Gasteiger partial charge in [-0.05, 0) is 25.1 Å². The smallest absolute Gasteiger partial charge is 0.257 e. The van der Waals surface area contributed by atoms with Gasteiger partial charge in [0.15, 0.2) is 0 Å². The molecule has 1 aliphatic heterocycles. The molecule has 0 saturated heterocycles. The molecule has 0 aliphatic carbocycles. The zero-order chi connectivity index (χ0) is 16.7. The number of carbonyl (C=O) groups excluding carboxylic acids is 1. The fourth-order valence-electron chi connectivity index (χ4n) is 2.66. The largest absolute Gasteiger partial charge is 0.369 e. The number of hydrogen-bond donors (Lipinski definition) is 3. The first-order valence-corrected chi connectivity index (χ1v) is 7.72. The number of anilines is 3. The molecule has 1 aliphatic rings. The fourth-order valence-corrected chi connectivity index (χ4v) is 2.99. The Kier molecular flexibility index (Phi) is 3.85. The molecule has 8 heteroatoms. The second-order valence-corrected chi connectivity index (χ2v) is 6.14. The first kappa shape index (κ1) is 15.5. The molecule has 0 fully saturated rings. The fraction of sp³-hybridized carbons (Fsp3) is 0.200. The highest BCUT2D eigenvalue weighted by molar-refractivity contribution is 9.10. The highest BCUT2D eigenvalue weighted by Gasteiger charge is 2.26. The first-order valence-electron chi connectivity index (χ1n) is 6.93. The van der Waals surface area contributed by atoms with Crippen LogP contribution in [0.25, 0.3) is 0 Å². The summed E-state index contributed by atoms with van der Waals surface area (Å²) in [6, 6.07) is 4.46. The van der Waals surface area contributed by atoms with Gasteiger partial charge in [-0.2, -0.15) is 0 Å². The van der Waals surface area contributed by atoms with Crippen LogP contribution in [0, 0.1) is 12.7 Å². The lowest BCUT2D eigenvalue weighted by Crippen LogP contribution is -2.26. The molecular formula is C15H14BrFN4O2. The number of fused-ring (bicyclic) bond motifs is 1. The van der Waals surface area contributed by atoms with Crippen LogP contribution in [-0.2, 0) is 6.54 Å². The molecule has 0 atom stereocenters. The topological polar surface area (TPSA) is 89.2 Å². The lowest BCUT2D eigenvalue weighted by atomic mass is 10.1. The summed E-state index contributed by atoms with van der Waals surface area (Å²) < 4.78 is 16.1. The number of benzene rings is 1. The van der Waals surface area contributed by atoms with Crippen molar-refractivity contribution in [1.29, 1.82) is 0 Å². The Morgan fingerprint density at radius 2 is 2.22 bits per heavy atom. The maximum Gasteiger partial charge on any atom is 0.257 e. The van der Waals surface area contributed by atoms with Gasteiger partial charge in [0, 0.05) is 23.1 Å². The number of aromatic nitrogens is 1. The molecule has 0 bridgehead atoms. The predicted molar refractivity (Wildman–Crippen MR) is 89.8 cm³/mol. The third-order valence-electron chi connectivity index (χ3n) is 3.76. The highest BCUT2D eigenvalue weighted by Crippen LogP contribution is 2.31. The van der Waals surface area contributed by atoms with Crippen molar-refractivity contribution in [3.8, 4) is 0 Å². The quantitative estimate of drug-likeness (QED) is 0.762. The van der Waals surface area contributed by atoms with Crippen molar-refractivity contribution in [1.82, 2.24) is 4.57 Å². The molecular weight excluding hydrogens is 367 g/mol. The number of nitrogens with zero attached hydrogens (tertiary/aromatic N) is 1. The number of hydrogen-bond acceptors (Lipinski definition) is 4. The standard InChI is InChI=1S/C15H14BrFN4O2/c1-7-12(20-10-3-2-8(16)6-9(10)17)11(13(18)22)14-19-4-5-21(14)15(7)23/h2-3,6,19-20H,4-5H2,1H3,(H2,18,22). The van der Waals surface area contributed by atoms with Gasteiger partial charge in [-0.1, -0.05) is 15.9 Å². The van der Waals surface area contributed by atoms with E-state index in [1.54, 1.807) is 13.0 Å². The van der Waals surface area contributed by atoms with Gasteiger partial charge in [0.2, 0.25) is 0 Å². The zero-order valence-electron chi connectivity index (χ0n) is 12.2. The number of amides is 1. The maximum atomic E-state index is 14.1. The van der Waals surface area contributed by atoms with E-state index in [1.807, 2.05) is 0 Å². The van der Waals surface area contributed by atoms with Crippen LogP contribution in [0.15, 0.2) is 27.5 Å². The van der Waals surface area contributed by atoms with Gasteiger partial charge in [-0.25, -0.2) is 4.39 Å². The number of pyridine rings is 1. The van der Waals surface area contributed by atoms with Crippen LogP contribution >= 0.6 is 15.9 Å². The molecule has 1 amide bonds. The average Bonchev–Trinajstić information content (AvgIpc) is 2.96. The van der Waals surface area contributed by atoms with Crippen LogP contribution in [0.3, 0.4) is 0 Å². The molecule has 0 radical (unpaired) electrons. The third-order valence-corrected chi connectivity index (χ3v) is 4.26. The maximum absolute atomic E-state index is 14.1. The molecule has 0 spiro atoms. The van der Waals surface area contributed by atoms with E-state index in [9.17, 15) is 14.0 Å². The van der Waals surface area contributed by atoms with Gasteiger partial charge in [-0.15, -0.1) is 0 Å². The van der Waals surface area contributed by atoms with Crippen LogP contribution in [0.4, 0.5) is 21.6 Å². The number of carbonyl (C=O) groups is 1. The van der Waals surface area contributed by atoms with Crippen LogP contribution in [0.2, 0.25) is 0 Å². The van der Waals surface area contributed by atoms with Crippen LogP contribution < -0.4 is 21.9 Å². The van der Waals surface area contributed by atoms with E-state index in [4.69, 9.17) is 5.73 Å². The molecule has 0 saturated carbocycles. The Balaban J connectivity index is 2.21. The van der Waals surface area contributed by atoms with E-state index < -0.39 is 11.7 Å². The van der Waals surface area contributed by atoms with Crippen molar-refractivity contribution < 1.29 is 9.18 Å². The van der Waals surface area contributed by atoms with Crippen LogP contribution in [0.1, 0.15) is 15.9 Å². The lowest BCUT2D eigenvalue weighted by molar-refractivity contribution is 0.100. The Hall–Kier alpha value is -2.35. The predicted octanol–water partition coefficient (Wildman–Crippen LogP) is 2.33. The third kappa shape index (κ3) is 2.59. The molecule has 4 N–H and O–H groups in total. The van der Waals surface area contributed by atoms with Crippen molar-refractivity contribution in [2.45, 2.75) is 13.5 Å². The van der Waals surface area contributed by atoms with Crippen molar-refractivity contribution in [3.05, 3.63) is 50.0 Å². The normalized spacial score (nSPS) is 12.7. The van der Waals surface area contributed by atoms with Gasteiger partial charge in [0.1, 0.15) is 17.2 Å². The SMILES string of the molecule is Cc1c(Nc2ccc(Br)cc2F)c(C(N)=O)c2n(c1=O)CCN2. The summed E-state index contributed by atoms with van der Waals surface area (Å²) in [7, 11) is 0. The summed E-state index contributed by atoms with van der Waals surface area (Å²) >= 11 is 3.18. The molecule has 1 aromatic heterocycles. The molecule has 0 unspecified atom stereocenters. The van der Waals surface area contributed by atoms with Crippen molar-refractivity contribution in [2.75, 3.05) is 17.2 Å². The molecule has 2 aromatic rings. The lowest BCUT2D eigenvalue weighted by Gasteiger charge is -2.17. The highest BCUT2D eigenvalue weighted by atomic mass is 79.9. The molecule has 1 aromatic carbocycles. The number of nitrogens with one attached hydrogen (secondary N) is 2. The van der Waals surface area contributed by atoms with Crippen LogP contribution in [0.5, 0.6) is 0 Å². The van der Waals surface area contributed by atoms with Crippen molar-refractivity contribution in [3.63, 3.8) is 0 Å². The summed E-state index contributed by atoms with van der Waals surface area (Å²) in [6.07, 6.45) is 0. The van der Waals surface area contributed by atoms with Crippen molar-refractivity contribution in [2.24, 2.45) is 5.73 Å². The van der Waals surface area contributed by atoms with E-state index >= 15 is 0 Å². The van der Waals surface area contributed by atoms with E-state index in [1.165, 1.54) is 16.7 Å². The van der Waals surface area contributed by atoms with E-state index in [0.717, 1.165) is 0 Å². The summed E-state index contributed by atoms with van der Waals surface area (Å²) in [4.78, 5) is 24.3. The number of nitrogens with two attached hydrogens (primary N) is 1. The van der Waals surface area contributed by atoms with E-state index in [2.05, 4.69) is 26.6 Å². The van der Waals surface area contributed by atoms with Gasteiger partial charge in [-0.3, -0.25) is 14.2 Å². The summed E-state index contributed by atoms with van der Waals surface area (Å²) in [5.41, 5.74) is 6.09. The molecule has 23 heavy (non-hydrogen) atoms. The first-order chi connectivity index (χ1) is 10.9. The Morgan fingerprint density at radius 3 is 2.87 bits per heavy atom. The van der Waals surface area contributed by atoms with Gasteiger partial charge in [0.25, 0.3) is 11.5 Å². The summed E-state index contributed by atoms with van der Waals surface area (Å²) in [5.74, 6) is -0.831. The number of rotatable bonds is 3. The van der Waals surface area contributed by atoms with Gasteiger partial charge < -0.3 is 16.4 Å². The van der Waals surface area contributed by atoms with Crippen LogP contribution in [-0.4, -0.2) is 17.0 Å². The minimum atomic E-state index is -0.689. The molecule has 120 valence electrons. The monoisotopic (exact) mass is 380 g/mol. The Bertz CT molecular complexity index is 879. The second-order valence-electron chi connectivity index (χ2n) is 5.22. The summed E-state index contributed by atoms with van der Waals surface area (Å²) in [5, 5.41) is 5.83. The Labute approximate surface area is 139 Å². The molecule has 3 rings (SSSR count). The van der Waals surface area contributed by atoms with Crippen molar-refractivity contribution >= 4 is 39.0 Å². The van der Waals surface area contributed by atoms with E-state index in [0.29, 0.717) is 28.9 Å².